The van der Waals surface area contributed by atoms with E-state index in [9.17, 15) is 22.9 Å². The number of allylic oxidation sites excluding steroid dienone is 3. The molecule has 0 bridgehead atoms. The van der Waals surface area contributed by atoms with E-state index in [2.05, 4.69) is 31.3 Å². The lowest BCUT2D eigenvalue weighted by Crippen LogP contribution is -2.46. The normalized spacial score (nSPS) is 13.7. The molecule has 0 spiro atoms. The van der Waals surface area contributed by atoms with Crippen molar-refractivity contribution in [2.24, 2.45) is 0 Å². The third-order valence-corrected chi connectivity index (χ3v) is 8.66. The van der Waals surface area contributed by atoms with Gasteiger partial charge in [-0.2, -0.15) is 8.42 Å². The highest BCUT2D eigenvalue weighted by Crippen LogP contribution is 2.15. The SMILES string of the molecule is CCCC/C=C/CC/C=C/C(O)C(CS(=O)(=O)O)NC(=O)CCCCCCCCCCCCCCCCCCCCC. The molecule has 0 aliphatic carbocycles. The Balaban J connectivity index is 3.86. The van der Waals surface area contributed by atoms with Gasteiger partial charge in [-0.25, -0.2) is 0 Å². The Kier molecular flexibility index (Phi) is 29.0. The molecular formula is C35H67NO5S. The summed E-state index contributed by atoms with van der Waals surface area (Å²) in [7, 11) is -4.34. The molecule has 0 saturated carbocycles. The van der Waals surface area contributed by atoms with E-state index in [4.69, 9.17) is 0 Å². The summed E-state index contributed by atoms with van der Waals surface area (Å²) >= 11 is 0. The summed E-state index contributed by atoms with van der Waals surface area (Å²) in [4.78, 5) is 12.4. The lowest BCUT2D eigenvalue weighted by Gasteiger charge is -2.21. The molecule has 0 aliphatic heterocycles. The summed E-state index contributed by atoms with van der Waals surface area (Å²) in [5, 5.41) is 13.0. The second kappa shape index (κ2) is 29.9. The van der Waals surface area contributed by atoms with Gasteiger partial charge < -0.3 is 10.4 Å². The van der Waals surface area contributed by atoms with Crippen LogP contribution in [0.15, 0.2) is 24.3 Å². The van der Waals surface area contributed by atoms with E-state index in [0.717, 1.165) is 38.5 Å². The van der Waals surface area contributed by atoms with Crippen LogP contribution in [0.3, 0.4) is 0 Å². The van der Waals surface area contributed by atoms with Crippen LogP contribution in [0.4, 0.5) is 0 Å². The van der Waals surface area contributed by atoms with E-state index in [0.29, 0.717) is 12.8 Å². The van der Waals surface area contributed by atoms with Crippen molar-refractivity contribution in [2.75, 3.05) is 5.75 Å². The quantitative estimate of drug-likeness (QED) is 0.0410. The highest BCUT2D eigenvalue weighted by Gasteiger charge is 2.24. The molecule has 3 N–H and O–H groups in total. The Labute approximate surface area is 260 Å². The maximum Gasteiger partial charge on any atom is 0.267 e. The molecule has 42 heavy (non-hydrogen) atoms. The monoisotopic (exact) mass is 613 g/mol. The molecule has 1 amide bonds. The van der Waals surface area contributed by atoms with Crippen molar-refractivity contribution in [3.05, 3.63) is 24.3 Å². The molecule has 248 valence electrons. The van der Waals surface area contributed by atoms with E-state index < -0.39 is 28.0 Å². The van der Waals surface area contributed by atoms with Gasteiger partial charge in [-0.05, 0) is 25.7 Å². The first-order chi connectivity index (χ1) is 20.3. The summed E-state index contributed by atoms with van der Waals surface area (Å²) in [5.41, 5.74) is 0. The number of carbonyl (C=O) groups is 1. The van der Waals surface area contributed by atoms with Crippen molar-refractivity contribution in [3.63, 3.8) is 0 Å². The highest BCUT2D eigenvalue weighted by atomic mass is 32.2. The zero-order valence-electron chi connectivity index (χ0n) is 27.4. The summed E-state index contributed by atoms with van der Waals surface area (Å²) < 4.78 is 32.1. The van der Waals surface area contributed by atoms with Crippen LogP contribution >= 0.6 is 0 Å². The first kappa shape index (κ1) is 40.8. The minimum atomic E-state index is -4.34. The molecule has 7 heteroatoms. The molecule has 0 radical (unpaired) electrons. The number of unbranched alkanes of at least 4 members (excludes halogenated alkanes) is 21. The molecule has 0 rings (SSSR count). The zero-order valence-corrected chi connectivity index (χ0v) is 28.2. The molecule has 0 saturated heterocycles. The van der Waals surface area contributed by atoms with Gasteiger partial charge in [0.15, 0.2) is 0 Å². The molecule has 2 atom stereocenters. The predicted molar refractivity (Wildman–Crippen MR) is 179 cm³/mol. The molecule has 0 aromatic rings. The number of hydrogen-bond acceptors (Lipinski definition) is 4. The number of hydrogen-bond donors (Lipinski definition) is 3. The van der Waals surface area contributed by atoms with E-state index in [-0.39, 0.29) is 5.91 Å². The molecule has 0 aromatic heterocycles. The maximum absolute atomic E-state index is 12.4. The Bertz CT molecular complexity index is 765. The van der Waals surface area contributed by atoms with Crippen molar-refractivity contribution < 1.29 is 22.9 Å². The highest BCUT2D eigenvalue weighted by molar-refractivity contribution is 7.85. The van der Waals surface area contributed by atoms with Crippen LogP contribution in [0.1, 0.15) is 174 Å². The largest absolute Gasteiger partial charge is 0.387 e. The van der Waals surface area contributed by atoms with Crippen LogP contribution in [-0.4, -0.2) is 41.9 Å². The lowest BCUT2D eigenvalue weighted by atomic mass is 10.0. The van der Waals surface area contributed by atoms with Crippen LogP contribution in [0.5, 0.6) is 0 Å². The fourth-order valence-electron chi connectivity index (χ4n) is 5.22. The number of rotatable bonds is 31. The third-order valence-electron chi connectivity index (χ3n) is 7.88. The van der Waals surface area contributed by atoms with Crippen molar-refractivity contribution in [3.8, 4) is 0 Å². The Morgan fingerprint density at radius 1 is 0.619 bits per heavy atom. The van der Waals surface area contributed by atoms with Crippen LogP contribution in [0.2, 0.25) is 0 Å². The van der Waals surface area contributed by atoms with E-state index >= 15 is 0 Å². The summed E-state index contributed by atoms with van der Waals surface area (Å²) in [6, 6.07) is -1.07. The van der Waals surface area contributed by atoms with Crippen molar-refractivity contribution in [1.29, 1.82) is 0 Å². The first-order valence-electron chi connectivity index (χ1n) is 17.5. The minimum Gasteiger partial charge on any atom is -0.387 e. The summed E-state index contributed by atoms with van der Waals surface area (Å²) in [5.74, 6) is -0.998. The van der Waals surface area contributed by atoms with Gasteiger partial charge in [0.25, 0.3) is 10.1 Å². The van der Waals surface area contributed by atoms with E-state index in [1.165, 1.54) is 115 Å². The van der Waals surface area contributed by atoms with E-state index in [1.807, 2.05) is 0 Å². The molecule has 6 nitrogen and oxygen atoms in total. The van der Waals surface area contributed by atoms with E-state index in [1.54, 1.807) is 6.08 Å². The Morgan fingerprint density at radius 2 is 1.02 bits per heavy atom. The number of carbonyl (C=O) groups excluding carboxylic acids is 1. The van der Waals surface area contributed by atoms with Gasteiger partial charge in [0.1, 0.15) is 0 Å². The molecule has 0 aromatic carbocycles. The molecule has 0 fully saturated rings. The smallest absolute Gasteiger partial charge is 0.267 e. The lowest BCUT2D eigenvalue weighted by molar-refractivity contribution is -0.122. The van der Waals surface area contributed by atoms with Gasteiger partial charge in [-0.15, -0.1) is 0 Å². The van der Waals surface area contributed by atoms with Gasteiger partial charge in [0, 0.05) is 6.42 Å². The van der Waals surface area contributed by atoms with Crippen molar-refractivity contribution in [1.82, 2.24) is 5.32 Å². The average molecular weight is 614 g/mol. The van der Waals surface area contributed by atoms with Gasteiger partial charge in [0.2, 0.25) is 5.91 Å². The van der Waals surface area contributed by atoms with Gasteiger partial charge in [-0.3, -0.25) is 9.35 Å². The summed E-state index contributed by atoms with van der Waals surface area (Å²) in [6.45, 7) is 4.43. The molecular weight excluding hydrogens is 546 g/mol. The molecule has 2 unspecified atom stereocenters. The topological polar surface area (TPSA) is 104 Å². The van der Waals surface area contributed by atoms with Crippen LogP contribution in [-0.2, 0) is 14.9 Å². The minimum absolute atomic E-state index is 0.290. The Hall–Kier alpha value is -1.18. The number of nitrogens with one attached hydrogen (secondary N) is 1. The average Bonchev–Trinajstić information content (AvgIpc) is 2.94. The standard InChI is InChI=1S/C35H67NO5S/c1-3-5-7-9-11-13-14-15-16-17-18-19-20-21-22-23-25-27-29-31-35(38)36-33(32-42(39,40)41)34(37)30-28-26-24-12-10-8-6-4-2/h10,12,28,30,33-34,37H,3-9,11,13-27,29,31-32H2,1-2H3,(H,36,38)(H,39,40,41)/b12-10+,30-28+. The van der Waals surface area contributed by atoms with Crippen LogP contribution < -0.4 is 5.32 Å². The number of aliphatic hydroxyl groups excluding tert-OH is 1. The van der Waals surface area contributed by atoms with Gasteiger partial charge in [-0.1, -0.05) is 167 Å². The fourth-order valence-corrected chi connectivity index (χ4v) is 5.95. The maximum atomic E-state index is 12.4. The predicted octanol–water partition coefficient (Wildman–Crippen LogP) is 9.62. The number of aliphatic hydroxyl groups is 1. The van der Waals surface area contributed by atoms with Crippen molar-refractivity contribution in [2.45, 2.75) is 187 Å². The van der Waals surface area contributed by atoms with Crippen molar-refractivity contribution >= 4 is 16.0 Å². The number of amides is 1. The summed E-state index contributed by atoms with van der Waals surface area (Å²) in [6.07, 6.45) is 36.1. The van der Waals surface area contributed by atoms with Gasteiger partial charge in [0.05, 0.1) is 17.9 Å². The molecule has 0 aliphatic rings. The first-order valence-corrected chi connectivity index (χ1v) is 19.1. The van der Waals surface area contributed by atoms with Crippen LogP contribution in [0, 0.1) is 0 Å². The second-order valence-corrected chi connectivity index (χ2v) is 13.6. The fraction of sp³-hybridized carbons (Fsp3) is 0.857. The Morgan fingerprint density at radius 3 is 1.48 bits per heavy atom. The zero-order chi connectivity index (χ0) is 31.2. The second-order valence-electron chi connectivity index (χ2n) is 12.1. The third kappa shape index (κ3) is 30.3. The van der Waals surface area contributed by atoms with Gasteiger partial charge >= 0.3 is 0 Å². The molecule has 0 heterocycles. The van der Waals surface area contributed by atoms with Crippen LogP contribution in [0.25, 0.3) is 0 Å².